The maximum atomic E-state index is 11.5. The molecule has 138 valence electrons. The fourth-order valence-electron chi connectivity index (χ4n) is 2.53. The van der Waals surface area contributed by atoms with E-state index < -0.39 is 5.97 Å². The minimum absolute atomic E-state index is 0.0720. The van der Waals surface area contributed by atoms with Crippen LogP contribution < -0.4 is 4.74 Å². The van der Waals surface area contributed by atoms with Gasteiger partial charge in [0.05, 0.1) is 18.2 Å². The third-order valence-electron chi connectivity index (χ3n) is 3.80. The van der Waals surface area contributed by atoms with Crippen molar-refractivity contribution < 1.29 is 19.4 Å². The summed E-state index contributed by atoms with van der Waals surface area (Å²) in [6, 6.07) is 11.0. The Labute approximate surface area is 160 Å². The highest BCUT2D eigenvalue weighted by Gasteiger charge is 2.16. The van der Waals surface area contributed by atoms with Crippen LogP contribution in [0, 0.1) is 6.92 Å². The molecule has 7 heteroatoms. The highest BCUT2D eigenvalue weighted by atomic mass is 32.1. The molecule has 0 aliphatic carbocycles. The standard InChI is InChI=1S/C20H18N2O4S/c1-13-18(22-19(27-13)14-7-5-9-21-10-14)26-11-15-6-3-4-8-16(15)17(12-25-2)20(23)24/h3-10,12H,11H2,1-2H3,(H,23,24). The van der Waals surface area contributed by atoms with Crippen molar-refractivity contribution >= 4 is 22.9 Å². The van der Waals surface area contributed by atoms with Crippen molar-refractivity contribution in [3.05, 3.63) is 71.1 Å². The summed E-state index contributed by atoms with van der Waals surface area (Å²) in [5, 5.41) is 10.3. The zero-order valence-corrected chi connectivity index (χ0v) is 15.7. The molecule has 0 bridgehead atoms. The number of carboxylic acids is 1. The van der Waals surface area contributed by atoms with Gasteiger partial charge < -0.3 is 14.6 Å². The Morgan fingerprint density at radius 2 is 2.07 bits per heavy atom. The molecule has 6 nitrogen and oxygen atoms in total. The lowest BCUT2D eigenvalue weighted by molar-refractivity contribution is -0.130. The van der Waals surface area contributed by atoms with Crippen LogP contribution in [0.1, 0.15) is 16.0 Å². The van der Waals surface area contributed by atoms with E-state index in [2.05, 4.69) is 9.97 Å². The van der Waals surface area contributed by atoms with E-state index in [1.165, 1.54) is 24.7 Å². The molecule has 1 aromatic carbocycles. The molecule has 0 saturated heterocycles. The molecule has 0 radical (unpaired) electrons. The minimum atomic E-state index is -1.06. The van der Waals surface area contributed by atoms with Crippen LogP contribution in [0.4, 0.5) is 0 Å². The molecule has 3 aromatic rings. The lowest BCUT2D eigenvalue weighted by atomic mass is 10.0. The number of nitrogens with zero attached hydrogens (tertiary/aromatic N) is 2. The molecule has 3 rings (SSSR count). The van der Waals surface area contributed by atoms with E-state index in [0.29, 0.717) is 11.4 Å². The predicted molar refractivity (Wildman–Crippen MR) is 103 cm³/mol. The Bertz CT molecular complexity index is 967. The van der Waals surface area contributed by atoms with Crippen molar-refractivity contribution in [1.82, 2.24) is 9.97 Å². The number of ether oxygens (including phenoxy) is 2. The number of hydrogen-bond acceptors (Lipinski definition) is 6. The van der Waals surface area contributed by atoms with Crippen molar-refractivity contribution in [2.24, 2.45) is 0 Å². The number of aryl methyl sites for hydroxylation is 1. The summed E-state index contributed by atoms with van der Waals surface area (Å²) in [7, 11) is 1.42. The first-order chi connectivity index (χ1) is 13.1. The molecular weight excluding hydrogens is 364 g/mol. The van der Waals surface area contributed by atoms with Gasteiger partial charge in [-0.2, -0.15) is 0 Å². The third-order valence-corrected chi connectivity index (χ3v) is 4.80. The van der Waals surface area contributed by atoms with Gasteiger partial charge in [0, 0.05) is 18.0 Å². The molecule has 2 aromatic heterocycles. The lowest BCUT2D eigenvalue weighted by Gasteiger charge is -2.11. The first-order valence-corrected chi connectivity index (χ1v) is 8.97. The summed E-state index contributed by atoms with van der Waals surface area (Å²) >= 11 is 1.52. The highest BCUT2D eigenvalue weighted by Crippen LogP contribution is 2.32. The Morgan fingerprint density at radius 3 is 2.78 bits per heavy atom. The van der Waals surface area contributed by atoms with E-state index in [0.717, 1.165) is 21.0 Å². The van der Waals surface area contributed by atoms with Gasteiger partial charge in [-0.15, -0.1) is 11.3 Å². The minimum Gasteiger partial charge on any atom is -0.503 e. The van der Waals surface area contributed by atoms with Gasteiger partial charge in [-0.1, -0.05) is 24.3 Å². The average Bonchev–Trinajstić information content (AvgIpc) is 3.06. The number of thiazole rings is 1. The molecule has 0 atom stereocenters. The smallest absolute Gasteiger partial charge is 0.339 e. The first-order valence-electron chi connectivity index (χ1n) is 8.15. The van der Waals surface area contributed by atoms with Crippen molar-refractivity contribution in [2.45, 2.75) is 13.5 Å². The zero-order chi connectivity index (χ0) is 19.2. The van der Waals surface area contributed by atoms with E-state index >= 15 is 0 Å². The molecule has 0 spiro atoms. The maximum absolute atomic E-state index is 11.5. The fraction of sp³-hybridized carbons (Fsp3) is 0.150. The number of benzene rings is 1. The predicted octanol–water partition coefficient (Wildman–Crippen LogP) is 4.16. The summed E-state index contributed by atoms with van der Waals surface area (Å²) in [6.07, 6.45) is 4.69. The second kappa shape index (κ2) is 8.46. The largest absolute Gasteiger partial charge is 0.503 e. The zero-order valence-electron chi connectivity index (χ0n) is 14.9. The SMILES string of the molecule is COC=C(C(=O)O)c1ccccc1COc1nc(-c2cccnc2)sc1C. The molecule has 0 aliphatic rings. The fourth-order valence-corrected chi connectivity index (χ4v) is 3.38. The van der Waals surface area contributed by atoms with Gasteiger partial charge in [-0.25, -0.2) is 9.78 Å². The number of methoxy groups -OCH3 is 1. The lowest BCUT2D eigenvalue weighted by Crippen LogP contribution is -2.06. The van der Waals surface area contributed by atoms with E-state index in [9.17, 15) is 9.90 Å². The number of hydrogen-bond donors (Lipinski definition) is 1. The number of carboxylic acid groups (broad SMARTS) is 1. The quantitative estimate of drug-likeness (QED) is 0.488. The molecule has 0 aliphatic heterocycles. The van der Waals surface area contributed by atoms with Crippen LogP contribution >= 0.6 is 11.3 Å². The average molecular weight is 382 g/mol. The van der Waals surface area contributed by atoms with Crippen LogP contribution in [0.5, 0.6) is 5.88 Å². The monoisotopic (exact) mass is 382 g/mol. The molecule has 0 fully saturated rings. The van der Waals surface area contributed by atoms with Gasteiger partial charge in [-0.3, -0.25) is 4.98 Å². The topological polar surface area (TPSA) is 81.5 Å². The Morgan fingerprint density at radius 1 is 1.26 bits per heavy atom. The van der Waals surface area contributed by atoms with Gasteiger partial charge in [0.25, 0.3) is 0 Å². The van der Waals surface area contributed by atoms with Crippen LogP contribution in [0.2, 0.25) is 0 Å². The van der Waals surface area contributed by atoms with Gasteiger partial charge in [0.15, 0.2) is 0 Å². The number of aromatic nitrogens is 2. The van der Waals surface area contributed by atoms with Crippen molar-refractivity contribution in [1.29, 1.82) is 0 Å². The van der Waals surface area contributed by atoms with Crippen LogP contribution in [-0.2, 0) is 16.1 Å². The second-order valence-corrected chi connectivity index (χ2v) is 6.84. The molecule has 0 saturated carbocycles. The number of aliphatic carboxylic acids is 1. The Hall–Kier alpha value is -3.19. The molecule has 2 heterocycles. The van der Waals surface area contributed by atoms with Crippen LogP contribution in [-0.4, -0.2) is 28.2 Å². The molecule has 27 heavy (non-hydrogen) atoms. The molecular formula is C20H18N2O4S. The van der Waals surface area contributed by atoms with Gasteiger partial charge in [0.2, 0.25) is 5.88 Å². The maximum Gasteiger partial charge on any atom is 0.339 e. The summed E-state index contributed by atoms with van der Waals surface area (Å²) in [4.78, 5) is 21.1. The van der Waals surface area contributed by atoms with Crippen LogP contribution in [0.3, 0.4) is 0 Å². The third kappa shape index (κ3) is 4.32. The number of carbonyl (C=O) groups is 1. The van der Waals surface area contributed by atoms with E-state index in [1.807, 2.05) is 31.2 Å². The van der Waals surface area contributed by atoms with E-state index in [-0.39, 0.29) is 12.2 Å². The first kappa shape index (κ1) is 18.6. The Kier molecular flexibility index (Phi) is 5.83. The van der Waals surface area contributed by atoms with Gasteiger partial charge in [-0.05, 0) is 30.2 Å². The number of pyridine rings is 1. The van der Waals surface area contributed by atoms with Gasteiger partial charge >= 0.3 is 5.97 Å². The Balaban J connectivity index is 1.83. The highest BCUT2D eigenvalue weighted by molar-refractivity contribution is 7.15. The van der Waals surface area contributed by atoms with Crippen molar-refractivity contribution in [2.75, 3.05) is 7.11 Å². The van der Waals surface area contributed by atoms with Crippen molar-refractivity contribution in [3.8, 4) is 16.5 Å². The number of rotatable bonds is 7. The second-order valence-electron chi connectivity index (χ2n) is 5.64. The molecule has 0 unspecified atom stereocenters. The van der Waals surface area contributed by atoms with E-state index in [1.54, 1.807) is 24.5 Å². The van der Waals surface area contributed by atoms with E-state index in [4.69, 9.17) is 9.47 Å². The summed E-state index contributed by atoms with van der Waals surface area (Å²) in [5.74, 6) is -0.533. The van der Waals surface area contributed by atoms with Crippen LogP contribution in [0.25, 0.3) is 16.1 Å². The van der Waals surface area contributed by atoms with Gasteiger partial charge in [0.1, 0.15) is 17.2 Å². The van der Waals surface area contributed by atoms with Crippen molar-refractivity contribution in [3.63, 3.8) is 0 Å². The summed E-state index contributed by atoms with van der Waals surface area (Å²) < 4.78 is 10.8. The normalized spacial score (nSPS) is 11.3. The molecule has 1 N–H and O–H groups in total. The summed E-state index contributed by atoms with van der Waals surface area (Å²) in [5.41, 5.74) is 2.28. The van der Waals surface area contributed by atoms with Crippen LogP contribution in [0.15, 0.2) is 55.1 Å². The molecule has 0 amide bonds. The summed E-state index contributed by atoms with van der Waals surface area (Å²) in [6.45, 7) is 2.13.